The zero-order valence-corrected chi connectivity index (χ0v) is 11.5. The van der Waals surface area contributed by atoms with Crippen LogP contribution in [0.15, 0.2) is 0 Å². The van der Waals surface area contributed by atoms with E-state index in [1.54, 1.807) is 0 Å². The number of rotatable bonds is 2. The van der Waals surface area contributed by atoms with Gasteiger partial charge < -0.3 is 10.6 Å². The number of carbonyl (C=O) groups excluding carboxylic acids is 1. The van der Waals surface area contributed by atoms with Crippen LogP contribution in [-0.2, 0) is 4.79 Å². The first-order chi connectivity index (χ1) is 8.63. The first-order valence-electron chi connectivity index (χ1n) is 6.15. The van der Waals surface area contributed by atoms with Crippen molar-refractivity contribution < 1.29 is 4.79 Å². The molecule has 0 saturated carbocycles. The number of nitrogens with one attached hydrogen (secondary N) is 2. The van der Waals surface area contributed by atoms with Crippen LogP contribution in [-0.4, -0.2) is 19.0 Å². The SMILES string of the molecule is Cc1sc(NC(=O)C2CCNCC2)c(C#N)c1C. The Bertz CT molecular complexity index is 495. The summed E-state index contributed by atoms with van der Waals surface area (Å²) < 4.78 is 0. The minimum absolute atomic E-state index is 0.0502. The molecular weight excluding hydrogens is 246 g/mol. The number of amides is 1. The van der Waals surface area contributed by atoms with E-state index in [0.29, 0.717) is 10.6 Å². The summed E-state index contributed by atoms with van der Waals surface area (Å²) in [7, 11) is 0. The van der Waals surface area contributed by atoms with Crippen molar-refractivity contribution in [3.63, 3.8) is 0 Å². The second kappa shape index (κ2) is 5.51. The highest BCUT2D eigenvalue weighted by Gasteiger charge is 2.23. The van der Waals surface area contributed by atoms with Crippen LogP contribution in [0.3, 0.4) is 0 Å². The predicted molar refractivity (Wildman–Crippen MR) is 72.7 cm³/mol. The van der Waals surface area contributed by atoms with E-state index in [0.717, 1.165) is 36.4 Å². The minimum atomic E-state index is 0.0502. The lowest BCUT2D eigenvalue weighted by Gasteiger charge is -2.21. The fourth-order valence-electron chi connectivity index (χ4n) is 2.15. The van der Waals surface area contributed by atoms with E-state index in [9.17, 15) is 4.79 Å². The van der Waals surface area contributed by atoms with Crippen molar-refractivity contribution in [2.24, 2.45) is 5.92 Å². The lowest BCUT2D eigenvalue weighted by molar-refractivity contribution is -0.120. The topological polar surface area (TPSA) is 64.9 Å². The molecule has 4 nitrogen and oxygen atoms in total. The first-order valence-corrected chi connectivity index (χ1v) is 6.96. The molecule has 1 amide bonds. The monoisotopic (exact) mass is 263 g/mol. The van der Waals surface area contributed by atoms with Crippen molar-refractivity contribution in [2.75, 3.05) is 18.4 Å². The molecule has 0 aromatic carbocycles. The Labute approximate surface area is 111 Å². The van der Waals surface area contributed by atoms with E-state index in [-0.39, 0.29) is 11.8 Å². The van der Waals surface area contributed by atoms with E-state index in [2.05, 4.69) is 16.7 Å². The van der Waals surface area contributed by atoms with E-state index in [4.69, 9.17) is 5.26 Å². The molecule has 0 radical (unpaired) electrons. The normalized spacial score (nSPS) is 16.3. The number of aryl methyl sites for hydroxylation is 1. The Morgan fingerprint density at radius 2 is 2.11 bits per heavy atom. The van der Waals surface area contributed by atoms with Crippen molar-refractivity contribution in [1.29, 1.82) is 5.26 Å². The summed E-state index contributed by atoms with van der Waals surface area (Å²) in [5.41, 5.74) is 1.59. The Kier molecular flexibility index (Phi) is 4.00. The van der Waals surface area contributed by atoms with Crippen LogP contribution in [0.2, 0.25) is 0 Å². The minimum Gasteiger partial charge on any atom is -0.317 e. The molecule has 2 heterocycles. The fraction of sp³-hybridized carbons (Fsp3) is 0.538. The van der Waals surface area contributed by atoms with Gasteiger partial charge in [0.25, 0.3) is 0 Å². The third-order valence-electron chi connectivity index (χ3n) is 3.44. The molecule has 5 heteroatoms. The molecule has 0 unspecified atom stereocenters. The van der Waals surface area contributed by atoms with E-state index < -0.39 is 0 Å². The van der Waals surface area contributed by atoms with Crippen LogP contribution in [0.25, 0.3) is 0 Å². The highest BCUT2D eigenvalue weighted by atomic mass is 32.1. The number of thiophene rings is 1. The van der Waals surface area contributed by atoms with Crippen LogP contribution >= 0.6 is 11.3 Å². The molecule has 0 bridgehead atoms. The maximum absolute atomic E-state index is 12.1. The fourth-order valence-corrected chi connectivity index (χ4v) is 3.16. The number of nitrogens with zero attached hydrogens (tertiary/aromatic N) is 1. The molecule has 96 valence electrons. The molecule has 0 atom stereocenters. The van der Waals surface area contributed by atoms with Gasteiger partial charge in [-0.05, 0) is 45.3 Å². The summed E-state index contributed by atoms with van der Waals surface area (Å²) in [6.45, 7) is 5.68. The van der Waals surface area contributed by atoms with Crippen LogP contribution in [0.5, 0.6) is 0 Å². The van der Waals surface area contributed by atoms with E-state index >= 15 is 0 Å². The lowest BCUT2D eigenvalue weighted by atomic mass is 9.97. The maximum Gasteiger partial charge on any atom is 0.228 e. The molecule has 1 aromatic rings. The predicted octanol–water partition coefficient (Wildman–Crippen LogP) is 2.17. The average molecular weight is 263 g/mol. The number of hydrogen-bond donors (Lipinski definition) is 2. The number of nitriles is 1. The summed E-state index contributed by atoms with van der Waals surface area (Å²) in [6.07, 6.45) is 1.74. The van der Waals surface area contributed by atoms with Gasteiger partial charge in [0, 0.05) is 10.8 Å². The Morgan fingerprint density at radius 3 is 2.72 bits per heavy atom. The van der Waals surface area contributed by atoms with Gasteiger partial charge in [-0.2, -0.15) is 5.26 Å². The summed E-state index contributed by atoms with van der Waals surface area (Å²) in [5, 5.41) is 16.0. The van der Waals surface area contributed by atoms with Gasteiger partial charge in [0.1, 0.15) is 11.1 Å². The van der Waals surface area contributed by atoms with E-state index in [1.807, 2.05) is 13.8 Å². The van der Waals surface area contributed by atoms with Crippen molar-refractivity contribution in [1.82, 2.24) is 5.32 Å². The lowest BCUT2D eigenvalue weighted by Crippen LogP contribution is -2.34. The van der Waals surface area contributed by atoms with Gasteiger partial charge in [0.05, 0.1) is 5.56 Å². The van der Waals surface area contributed by atoms with Crippen LogP contribution in [0, 0.1) is 31.1 Å². The number of hydrogen-bond acceptors (Lipinski definition) is 4. The summed E-state index contributed by atoms with van der Waals surface area (Å²) >= 11 is 1.49. The highest BCUT2D eigenvalue weighted by molar-refractivity contribution is 7.16. The average Bonchev–Trinajstić information content (AvgIpc) is 2.65. The second-order valence-electron chi connectivity index (χ2n) is 4.61. The number of carbonyl (C=O) groups is 1. The maximum atomic E-state index is 12.1. The van der Waals surface area contributed by atoms with Gasteiger partial charge >= 0.3 is 0 Å². The molecule has 0 spiro atoms. The van der Waals surface area contributed by atoms with Crippen molar-refractivity contribution >= 4 is 22.2 Å². The molecule has 1 aromatic heterocycles. The first kappa shape index (κ1) is 13.1. The largest absolute Gasteiger partial charge is 0.317 e. The molecule has 2 rings (SSSR count). The zero-order valence-electron chi connectivity index (χ0n) is 10.7. The molecule has 1 aliphatic rings. The van der Waals surface area contributed by atoms with Gasteiger partial charge in [-0.3, -0.25) is 4.79 Å². The van der Waals surface area contributed by atoms with Crippen LogP contribution in [0.4, 0.5) is 5.00 Å². The number of piperidine rings is 1. The highest BCUT2D eigenvalue weighted by Crippen LogP contribution is 2.32. The molecule has 1 saturated heterocycles. The Balaban J connectivity index is 2.11. The van der Waals surface area contributed by atoms with Crippen LogP contribution < -0.4 is 10.6 Å². The summed E-state index contributed by atoms with van der Waals surface area (Å²) in [6, 6.07) is 2.18. The van der Waals surface area contributed by atoms with Gasteiger partial charge in [-0.15, -0.1) is 11.3 Å². The van der Waals surface area contributed by atoms with Crippen molar-refractivity contribution in [3.05, 3.63) is 16.0 Å². The second-order valence-corrected chi connectivity index (χ2v) is 5.84. The Morgan fingerprint density at radius 1 is 1.44 bits per heavy atom. The molecular formula is C13H17N3OS. The smallest absolute Gasteiger partial charge is 0.228 e. The number of anilines is 1. The molecule has 2 N–H and O–H groups in total. The van der Waals surface area contributed by atoms with Gasteiger partial charge in [0.15, 0.2) is 0 Å². The molecule has 1 fully saturated rings. The zero-order chi connectivity index (χ0) is 13.1. The third kappa shape index (κ3) is 2.55. The van der Waals surface area contributed by atoms with Crippen molar-refractivity contribution in [2.45, 2.75) is 26.7 Å². The van der Waals surface area contributed by atoms with Crippen LogP contribution in [0.1, 0.15) is 28.8 Å². The standard InChI is InChI=1S/C13H17N3OS/c1-8-9(2)18-13(11(8)7-14)16-12(17)10-3-5-15-6-4-10/h10,15H,3-6H2,1-2H3,(H,16,17). The molecule has 18 heavy (non-hydrogen) atoms. The van der Waals surface area contributed by atoms with Gasteiger partial charge in [-0.25, -0.2) is 0 Å². The quantitative estimate of drug-likeness (QED) is 0.859. The summed E-state index contributed by atoms with van der Waals surface area (Å²) in [5.74, 6) is 0.120. The Hall–Kier alpha value is -1.38. The third-order valence-corrected chi connectivity index (χ3v) is 4.57. The van der Waals surface area contributed by atoms with Gasteiger partial charge in [-0.1, -0.05) is 0 Å². The van der Waals surface area contributed by atoms with Gasteiger partial charge in [0.2, 0.25) is 5.91 Å². The summed E-state index contributed by atoms with van der Waals surface area (Å²) in [4.78, 5) is 13.2. The van der Waals surface area contributed by atoms with Crippen molar-refractivity contribution in [3.8, 4) is 6.07 Å². The van der Waals surface area contributed by atoms with E-state index in [1.165, 1.54) is 11.3 Å². The molecule has 1 aliphatic heterocycles. The molecule has 0 aliphatic carbocycles.